The second kappa shape index (κ2) is 6.75. The van der Waals surface area contributed by atoms with Crippen LogP contribution in [0, 0.1) is 6.92 Å². The third kappa shape index (κ3) is 3.95. The highest BCUT2D eigenvalue weighted by Gasteiger charge is 2.12. The third-order valence-electron chi connectivity index (χ3n) is 3.16. The molecule has 1 aromatic carbocycles. The molecular weight excluding hydrogens is 352 g/mol. The highest BCUT2D eigenvalue weighted by Crippen LogP contribution is 2.33. The summed E-state index contributed by atoms with van der Waals surface area (Å²) in [6.07, 6.45) is 0.757. The summed E-state index contributed by atoms with van der Waals surface area (Å²) in [5.74, 6) is 2.39. The fraction of sp³-hybridized carbons (Fsp3) is 0.375. The van der Waals surface area contributed by atoms with E-state index in [9.17, 15) is 0 Å². The van der Waals surface area contributed by atoms with Gasteiger partial charge in [-0.25, -0.2) is 4.98 Å². The second-order valence-corrected chi connectivity index (χ2v) is 6.41. The molecule has 0 fully saturated rings. The Morgan fingerprint density at radius 1 is 1.24 bits per heavy atom. The van der Waals surface area contributed by atoms with Crippen molar-refractivity contribution in [3.8, 4) is 11.6 Å². The number of hydrogen-bond acceptors (Lipinski definition) is 3. The molecule has 0 amide bonds. The fourth-order valence-corrected chi connectivity index (χ4v) is 2.82. The minimum absolute atomic E-state index is 0.337. The molecule has 0 saturated carbocycles. The van der Waals surface area contributed by atoms with E-state index < -0.39 is 0 Å². The van der Waals surface area contributed by atoms with Gasteiger partial charge in [0.25, 0.3) is 0 Å². The zero-order chi connectivity index (χ0) is 15.6. The van der Waals surface area contributed by atoms with Gasteiger partial charge in [-0.1, -0.05) is 32.4 Å². The van der Waals surface area contributed by atoms with Crippen molar-refractivity contribution in [3.05, 3.63) is 44.8 Å². The van der Waals surface area contributed by atoms with Crippen LogP contribution in [0.2, 0.25) is 5.02 Å². The van der Waals surface area contributed by atoms with Crippen molar-refractivity contribution < 1.29 is 4.74 Å². The lowest BCUT2D eigenvalue weighted by molar-refractivity contribution is 0.453. The molecule has 0 aliphatic rings. The quantitative estimate of drug-likeness (QED) is 0.650. The lowest BCUT2D eigenvalue weighted by atomic mass is 10.0. The van der Waals surface area contributed by atoms with Gasteiger partial charge < -0.3 is 4.74 Å². The molecule has 2 aromatic rings. The number of hydrogen-bond donors (Lipinski definition) is 0. The smallest absolute Gasteiger partial charge is 0.223 e. The van der Waals surface area contributed by atoms with Crippen LogP contribution < -0.4 is 4.74 Å². The van der Waals surface area contributed by atoms with E-state index >= 15 is 0 Å². The summed E-state index contributed by atoms with van der Waals surface area (Å²) in [5, 5.41) is 0.771. The Morgan fingerprint density at radius 3 is 2.57 bits per heavy atom. The SMILES string of the molecule is CCc1nc(Br)cc(Oc2cc(C(C)C)c(Cl)cc2C)n1. The predicted molar refractivity (Wildman–Crippen MR) is 89.5 cm³/mol. The Kier molecular flexibility index (Phi) is 5.22. The van der Waals surface area contributed by atoms with Crippen LogP contribution in [0.4, 0.5) is 0 Å². The molecule has 112 valence electrons. The van der Waals surface area contributed by atoms with E-state index in [2.05, 4.69) is 39.7 Å². The molecule has 0 atom stereocenters. The number of benzene rings is 1. The van der Waals surface area contributed by atoms with Crippen LogP contribution in [0.25, 0.3) is 0 Å². The molecule has 21 heavy (non-hydrogen) atoms. The molecule has 1 aromatic heterocycles. The first kappa shape index (κ1) is 16.2. The first-order valence-electron chi connectivity index (χ1n) is 6.92. The number of aryl methyl sites for hydroxylation is 2. The van der Waals surface area contributed by atoms with E-state index in [-0.39, 0.29) is 0 Å². The molecule has 3 nitrogen and oxygen atoms in total. The van der Waals surface area contributed by atoms with Gasteiger partial charge in [-0.3, -0.25) is 0 Å². The summed E-state index contributed by atoms with van der Waals surface area (Å²) in [5.41, 5.74) is 2.05. The van der Waals surface area contributed by atoms with Crippen molar-refractivity contribution >= 4 is 27.5 Å². The van der Waals surface area contributed by atoms with Crippen LogP contribution in [-0.4, -0.2) is 9.97 Å². The summed E-state index contributed by atoms with van der Waals surface area (Å²) in [6, 6.07) is 5.69. The van der Waals surface area contributed by atoms with Gasteiger partial charge in [-0.15, -0.1) is 0 Å². The van der Waals surface area contributed by atoms with Crippen LogP contribution in [0.3, 0.4) is 0 Å². The van der Waals surface area contributed by atoms with E-state index in [1.54, 1.807) is 6.07 Å². The van der Waals surface area contributed by atoms with Crippen molar-refractivity contribution in [3.63, 3.8) is 0 Å². The average molecular weight is 370 g/mol. The van der Waals surface area contributed by atoms with Crippen LogP contribution >= 0.6 is 27.5 Å². The maximum absolute atomic E-state index is 6.28. The zero-order valence-electron chi connectivity index (χ0n) is 12.6. The molecule has 0 spiro atoms. The van der Waals surface area contributed by atoms with Gasteiger partial charge in [0.1, 0.15) is 16.2 Å². The van der Waals surface area contributed by atoms with E-state index in [0.717, 1.165) is 38.7 Å². The van der Waals surface area contributed by atoms with Gasteiger partial charge >= 0.3 is 0 Å². The van der Waals surface area contributed by atoms with Crippen molar-refractivity contribution in [2.75, 3.05) is 0 Å². The largest absolute Gasteiger partial charge is 0.439 e. The minimum atomic E-state index is 0.337. The first-order valence-corrected chi connectivity index (χ1v) is 8.09. The van der Waals surface area contributed by atoms with Gasteiger partial charge in [0.05, 0.1) is 0 Å². The van der Waals surface area contributed by atoms with E-state index in [4.69, 9.17) is 16.3 Å². The number of nitrogens with zero attached hydrogens (tertiary/aromatic N) is 2. The summed E-state index contributed by atoms with van der Waals surface area (Å²) >= 11 is 9.67. The summed E-state index contributed by atoms with van der Waals surface area (Å²) < 4.78 is 6.66. The van der Waals surface area contributed by atoms with Gasteiger partial charge in [-0.05, 0) is 52.0 Å². The Bertz CT molecular complexity index is 659. The molecule has 0 N–H and O–H groups in total. The number of halogens is 2. The highest BCUT2D eigenvalue weighted by atomic mass is 79.9. The second-order valence-electron chi connectivity index (χ2n) is 5.19. The minimum Gasteiger partial charge on any atom is -0.439 e. The topological polar surface area (TPSA) is 35.0 Å². The Labute approximate surface area is 138 Å². The monoisotopic (exact) mass is 368 g/mol. The van der Waals surface area contributed by atoms with Crippen molar-refractivity contribution in [2.24, 2.45) is 0 Å². The molecule has 1 heterocycles. The normalized spacial score (nSPS) is 11.0. The maximum atomic E-state index is 6.28. The van der Waals surface area contributed by atoms with Gasteiger partial charge in [-0.2, -0.15) is 4.98 Å². The molecular formula is C16H18BrClN2O. The molecule has 0 aliphatic heterocycles. The molecule has 0 unspecified atom stereocenters. The fourth-order valence-electron chi connectivity index (χ4n) is 1.99. The molecule has 0 radical (unpaired) electrons. The number of ether oxygens (including phenoxy) is 1. The Balaban J connectivity index is 2.39. The Morgan fingerprint density at radius 2 is 1.95 bits per heavy atom. The Hall–Kier alpha value is -1.13. The zero-order valence-corrected chi connectivity index (χ0v) is 14.9. The lowest BCUT2D eigenvalue weighted by Gasteiger charge is -2.14. The molecule has 0 aliphatic carbocycles. The molecule has 2 rings (SSSR count). The average Bonchev–Trinajstić information content (AvgIpc) is 2.40. The third-order valence-corrected chi connectivity index (χ3v) is 3.90. The van der Waals surface area contributed by atoms with Crippen LogP contribution in [-0.2, 0) is 6.42 Å². The van der Waals surface area contributed by atoms with Crippen LogP contribution in [0.5, 0.6) is 11.6 Å². The number of rotatable bonds is 4. The summed E-state index contributed by atoms with van der Waals surface area (Å²) in [6.45, 7) is 8.20. The predicted octanol–water partition coefficient (Wildman–Crippen LogP) is 5.68. The molecule has 5 heteroatoms. The van der Waals surface area contributed by atoms with Crippen molar-refractivity contribution in [2.45, 2.75) is 40.0 Å². The van der Waals surface area contributed by atoms with Gasteiger partial charge in [0, 0.05) is 17.5 Å². The van der Waals surface area contributed by atoms with E-state index in [0.29, 0.717) is 11.8 Å². The van der Waals surface area contributed by atoms with Gasteiger partial charge in [0.2, 0.25) is 5.88 Å². The lowest BCUT2D eigenvalue weighted by Crippen LogP contribution is -1.99. The maximum Gasteiger partial charge on any atom is 0.223 e. The summed E-state index contributed by atoms with van der Waals surface area (Å²) in [4.78, 5) is 8.67. The van der Waals surface area contributed by atoms with Crippen molar-refractivity contribution in [1.82, 2.24) is 9.97 Å². The standard InChI is InChI=1S/C16H18BrClN2O/c1-5-15-19-14(17)8-16(20-15)21-13-7-11(9(2)3)12(18)6-10(13)4/h6-9H,5H2,1-4H3. The van der Waals surface area contributed by atoms with Crippen molar-refractivity contribution in [1.29, 1.82) is 0 Å². The highest BCUT2D eigenvalue weighted by molar-refractivity contribution is 9.10. The van der Waals surface area contributed by atoms with Crippen LogP contribution in [0.1, 0.15) is 43.6 Å². The van der Waals surface area contributed by atoms with Gasteiger partial charge in [0.15, 0.2) is 0 Å². The molecule has 0 saturated heterocycles. The van der Waals surface area contributed by atoms with Crippen LogP contribution in [0.15, 0.2) is 22.8 Å². The van der Waals surface area contributed by atoms with E-state index in [1.165, 1.54) is 0 Å². The molecule has 0 bridgehead atoms. The first-order chi connectivity index (χ1) is 9.90. The van der Waals surface area contributed by atoms with E-state index in [1.807, 2.05) is 26.0 Å². The summed E-state index contributed by atoms with van der Waals surface area (Å²) in [7, 11) is 0. The number of aromatic nitrogens is 2.